The third-order valence-corrected chi connectivity index (χ3v) is 5.27. The lowest BCUT2D eigenvalue weighted by Crippen LogP contribution is -2.43. The molecular formula is C20H18BFN3O4. The molecule has 1 heterocycles. The van der Waals surface area contributed by atoms with Gasteiger partial charge in [-0.05, 0) is 41.8 Å². The molecule has 0 bridgehead atoms. The van der Waals surface area contributed by atoms with Gasteiger partial charge in [-0.1, -0.05) is 18.2 Å². The Labute approximate surface area is 167 Å². The standard InChI is InChI=1S/C20H18BFN3O4/c21-24-15-5-6-16-13(9-15)7-8-20(16)18(27)25(19(28)29-20)11-17(26)23-10-12-1-3-14(22)4-2-12/h1-6,9,21,24H,7-8,10-11H2,(H,23,26). The Hall–Kier alpha value is -3.36. The number of hydrogen-bond donors (Lipinski definition) is 2. The molecule has 3 amide bonds. The van der Waals surface area contributed by atoms with Crippen LogP contribution in [0.25, 0.3) is 0 Å². The Morgan fingerprint density at radius 2 is 1.97 bits per heavy atom. The molecule has 2 aromatic carbocycles. The smallest absolute Gasteiger partial charge is 0.418 e. The minimum absolute atomic E-state index is 0.158. The lowest BCUT2D eigenvalue weighted by Gasteiger charge is -2.20. The molecule has 1 saturated heterocycles. The summed E-state index contributed by atoms with van der Waals surface area (Å²) in [6.07, 6.45) is 0.0783. The number of benzene rings is 2. The van der Waals surface area contributed by atoms with Crippen molar-refractivity contribution in [3.63, 3.8) is 0 Å². The number of carbonyl (C=O) groups excluding carboxylic acids is 3. The van der Waals surface area contributed by atoms with Gasteiger partial charge >= 0.3 is 6.09 Å². The highest BCUT2D eigenvalue weighted by Gasteiger charge is 2.58. The van der Waals surface area contributed by atoms with Crippen LogP contribution in [0.5, 0.6) is 0 Å². The van der Waals surface area contributed by atoms with Gasteiger partial charge in [-0.25, -0.2) is 14.1 Å². The number of rotatable bonds is 5. The van der Waals surface area contributed by atoms with Crippen LogP contribution in [-0.4, -0.2) is 37.3 Å². The quantitative estimate of drug-likeness (QED) is 0.751. The van der Waals surface area contributed by atoms with E-state index in [1.54, 1.807) is 24.3 Å². The van der Waals surface area contributed by atoms with E-state index in [-0.39, 0.29) is 12.4 Å². The third kappa shape index (κ3) is 3.33. The van der Waals surface area contributed by atoms with E-state index in [0.29, 0.717) is 24.0 Å². The topological polar surface area (TPSA) is 87.7 Å². The summed E-state index contributed by atoms with van der Waals surface area (Å²) in [6, 6.07) is 11.1. The molecule has 1 aliphatic heterocycles. The summed E-state index contributed by atoms with van der Waals surface area (Å²) in [6.45, 7) is -0.278. The van der Waals surface area contributed by atoms with Crippen molar-refractivity contribution >= 4 is 31.6 Å². The van der Waals surface area contributed by atoms with Crippen molar-refractivity contribution in [3.05, 3.63) is 65.0 Å². The second kappa shape index (κ2) is 7.23. The normalized spacial score (nSPS) is 20.0. The van der Waals surface area contributed by atoms with E-state index in [1.165, 1.54) is 12.1 Å². The monoisotopic (exact) mass is 394 g/mol. The van der Waals surface area contributed by atoms with Gasteiger partial charge in [-0.2, -0.15) is 0 Å². The van der Waals surface area contributed by atoms with Crippen LogP contribution in [0, 0.1) is 5.82 Å². The fourth-order valence-electron chi connectivity index (χ4n) is 3.77. The number of anilines is 1. The molecular weight excluding hydrogens is 376 g/mol. The number of imide groups is 1. The maximum absolute atomic E-state index is 13.0. The molecule has 2 N–H and O–H groups in total. The molecule has 2 aromatic rings. The van der Waals surface area contributed by atoms with Gasteiger partial charge in [0.25, 0.3) is 5.91 Å². The first-order valence-electron chi connectivity index (χ1n) is 9.15. The van der Waals surface area contributed by atoms with Gasteiger partial charge in [0.15, 0.2) is 0 Å². The van der Waals surface area contributed by atoms with Crippen molar-refractivity contribution in [1.29, 1.82) is 0 Å². The molecule has 1 spiro atoms. The molecule has 0 saturated carbocycles. The summed E-state index contributed by atoms with van der Waals surface area (Å²) in [4.78, 5) is 38.5. The van der Waals surface area contributed by atoms with Crippen LogP contribution in [0.15, 0.2) is 42.5 Å². The molecule has 4 rings (SSSR count). The first-order chi connectivity index (χ1) is 13.9. The van der Waals surface area contributed by atoms with Gasteiger partial charge in [-0.3, -0.25) is 9.59 Å². The predicted octanol–water partition coefficient (Wildman–Crippen LogP) is 1.49. The Bertz CT molecular complexity index is 998. The zero-order valence-electron chi connectivity index (χ0n) is 15.5. The molecule has 0 aromatic heterocycles. The Balaban J connectivity index is 1.45. The first kappa shape index (κ1) is 19.0. The van der Waals surface area contributed by atoms with E-state index in [1.807, 2.05) is 6.07 Å². The number of hydrogen-bond acceptors (Lipinski definition) is 5. The molecule has 1 atom stereocenters. The minimum atomic E-state index is -1.37. The zero-order chi connectivity index (χ0) is 20.6. The summed E-state index contributed by atoms with van der Waals surface area (Å²) >= 11 is 0. The fraction of sp³-hybridized carbons (Fsp3) is 0.250. The van der Waals surface area contributed by atoms with Crippen molar-refractivity contribution in [1.82, 2.24) is 10.2 Å². The number of nitrogens with zero attached hydrogens (tertiary/aromatic N) is 1. The molecule has 1 radical (unpaired) electrons. The van der Waals surface area contributed by atoms with E-state index >= 15 is 0 Å². The van der Waals surface area contributed by atoms with Crippen molar-refractivity contribution in [2.24, 2.45) is 0 Å². The zero-order valence-corrected chi connectivity index (χ0v) is 15.5. The second-order valence-electron chi connectivity index (χ2n) is 7.04. The van der Waals surface area contributed by atoms with Crippen molar-refractivity contribution in [3.8, 4) is 0 Å². The van der Waals surface area contributed by atoms with Gasteiger partial charge in [0, 0.05) is 24.2 Å². The highest BCUT2D eigenvalue weighted by molar-refractivity contribution is 6.16. The summed E-state index contributed by atoms with van der Waals surface area (Å²) in [5, 5.41) is 5.42. The van der Waals surface area contributed by atoms with Gasteiger partial charge in [0.1, 0.15) is 12.4 Å². The van der Waals surface area contributed by atoms with E-state index in [4.69, 9.17) is 4.74 Å². The molecule has 29 heavy (non-hydrogen) atoms. The summed E-state index contributed by atoms with van der Waals surface area (Å²) < 4.78 is 18.4. The van der Waals surface area contributed by atoms with Crippen molar-refractivity contribution < 1.29 is 23.5 Å². The van der Waals surface area contributed by atoms with Crippen LogP contribution in [0.4, 0.5) is 14.9 Å². The molecule has 1 unspecified atom stereocenters. The van der Waals surface area contributed by atoms with E-state index in [9.17, 15) is 18.8 Å². The Morgan fingerprint density at radius 3 is 2.69 bits per heavy atom. The maximum Gasteiger partial charge on any atom is 0.418 e. The van der Waals surface area contributed by atoms with Gasteiger partial charge in [-0.15, -0.1) is 0 Å². The highest BCUT2D eigenvalue weighted by atomic mass is 19.1. The van der Waals surface area contributed by atoms with Crippen LogP contribution in [0.2, 0.25) is 0 Å². The maximum atomic E-state index is 13.0. The minimum Gasteiger partial charge on any atom is -0.435 e. The Kier molecular flexibility index (Phi) is 4.73. The summed E-state index contributed by atoms with van der Waals surface area (Å²) in [5.41, 5.74) is 1.68. The number of ether oxygens (including phenoxy) is 1. The van der Waals surface area contributed by atoms with Crippen LogP contribution >= 0.6 is 0 Å². The van der Waals surface area contributed by atoms with E-state index < -0.39 is 30.1 Å². The molecule has 147 valence electrons. The van der Waals surface area contributed by atoms with Gasteiger partial charge < -0.3 is 15.3 Å². The van der Waals surface area contributed by atoms with Crippen LogP contribution in [0.1, 0.15) is 23.1 Å². The highest BCUT2D eigenvalue weighted by Crippen LogP contribution is 2.45. The number of amides is 3. The lowest BCUT2D eigenvalue weighted by molar-refractivity contribution is -0.139. The summed E-state index contributed by atoms with van der Waals surface area (Å²) in [5.74, 6) is -1.41. The molecule has 2 aliphatic rings. The number of halogens is 1. The average Bonchev–Trinajstić information content (AvgIpc) is 3.20. The number of nitrogens with one attached hydrogen (secondary N) is 2. The average molecular weight is 394 g/mol. The van der Waals surface area contributed by atoms with E-state index in [2.05, 4.69) is 18.5 Å². The first-order valence-corrected chi connectivity index (χ1v) is 9.15. The van der Waals surface area contributed by atoms with Crippen molar-refractivity contribution in [2.45, 2.75) is 25.0 Å². The lowest BCUT2D eigenvalue weighted by atomic mass is 9.94. The van der Waals surface area contributed by atoms with Crippen LogP contribution in [0.3, 0.4) is 0 Å². The predicted molar refractivity (Wildman–Crippen MR) is 104 cm³/mol. The Morgan fingerprint density at radius 1 is 1.21 bits per heavy atom. The number of fused-ring (bicyclic) bond motifs is 2. The van der Waals surface area contributed by atoms with Crippen molar-refractivity contribution in [2.75, 3.05) is 11.8 Å². The third-order valence-electron chi connectivity index (χ3n) is 5.27. The van der Waals surface area contributed by atoms with Gasteiger partial charge in [0.2, 0.25) is 19.5 Å². The molecule has 9 heteroatoms. The summed E-state index contributed by atoms with van der Waals surface area (Å²) in [7, 11) is 3.61. The van der Waals surface area contributed by atoms with Crippen LogP contribution < -0.4 is 10.5 Å². The second-order valence-corrected chi connectivity index (χ2v) is 7.04. The largest absolute Gasteiger partial charge is 0.435 e. The molecule has 1 fully saturated rings. The number of aryl methyl sites for hydroxylation is 1. The SMILES string of the molecule is [BH]Nc1ccc2c(c1)CCC21OC(=O)N(CC(=O)NCc2ccc(F)cc2)C1=O. The molecule has 1 aliphatic carbocycles. The number of carbonyl (C=O) groups is 3. The molecule has 7 nitrogen and oxygen atoms in total. The fourth-order valence-corrected chi connectivity index (χ4v) is 3.77. The van der Waals surface area contributed by atoms with E-state index in [0.717, 1.165) is 16.2 Å². The van der Waals surface area contributed by atoms with Gasteiger partial charge in [0.05, 0.1) is 0 Å². The van der Waals surface area contributed by atoms with Crippen LogP contribution in [-0.2, 0) is 32.9 Å².